The van der Waals surface area contributed by atoms with Crippen LogP contribution in [0.2, 0.25) is 5.02 Å². The molecule has 0 amide bonds. The van der Waals surface area contributed by atoms with Crippen LogP contribution in [0.1, 0.15) is 28.5 Å². The van der Waals surface area contributed by atoms with Gasteiger partial charge in [0, 0.05) is 10.6 Å². The molecule has 0 fully saturated rings. The Hall–Kier alpha value is -1.32. The SMILES string of the molecule is Cc1cc(C(N)c2ccoc2C)c(Cl)cc1F. The number of aryl methyl sites for hydroxylation is 2. The number of halogens is 2. The lowest BCUT2D eigenvalue weighted by atomic mass is 9.98. The van der Waals surface area contributed by atoms with E-state index in [4.69, 9.17) is 21.8 Å². The third kappa shape index (κ3) is 2.21. The summed E-state index contributed by atoms with van der Waals surface area (Å²) in [4.78, 5) is 0. The third-order valence-electron chi connectivity index (χ3n) is 2.85. The molecule has 2 rings (SSSR count). The van der Waals surface area contributed by atoms with Gasteiger partial charge in [-0.25, -0.2) is 4.39 Å². The molecule has 1 unspecified atom stereocenters. The Morgan fingerprint density at radius 1 is 1.29 bits per heavy atom. The molecule has 1 aromatic heterocycles. The Kier molecular flexibility index (Phi) is 3.22. The standard InChI is InChI=1S/C13H13ClFNO/c1-7-5-10(11(14)6-12(7)15)13(16)9-3-4-17-8(9)2/h3-6,13H,16H2,1-2H3. The maximum atomic E-state index is 13.3. The highest BCUT2D eigenvalue weighted by Gasteiger charge is 2.17. The van der Waals surface area contributed by atoms with E-state index in [1.807, 2.05) is 6.92 Å². The van der Waals surface area contributed by atoms with Gasteiger partial charge in [0.2, 0.25) is 0 Å². The summed E-state index contributed by atoms with van der Waals surface area (Å²) in [6.07, 6.45) is 1.58. The molecule has 0 aliphatic rings. The first-order valence-corrected chi connectivity index (χ1v) is 5.63. The van der Waals surface area contributed by atoms with Crippen LogP contribution in [0.3, 0.4) is 0 Å². The van der Waals surface area contributed by atoms with Crippen LogP contribution >= 0.6 is 11.6 Å². The van der Waals surface area contributed by atoms with Crippen molar-refractivity contribution in [3.8, 4) is 0 Å². The van der Waals surface area contributed by atoms with Crippen LogP contribution in [0.15, 0.2) is 28.9 Å². The van der Waals surface area contributed by atoms with Crippen LogP contribution in [0, 0.1) is 19.7 Å². The van der Waals surface area contributed by atoms with Crippen molar-refractivity contribution in [3.05, 3.63) is 57.8 Å². The normalized spacial score (nSPS) is 12.8. The van der Waals surface area contributed by atoms with Crippen molar-refractivity contribution in [2.24, 2.45) is 5.73 Å². The largest absolute Gasteiger partial charge is 0.469 e. The van der Waals surface area contributed by atoms with Gasteiger partial charge in [-0.1, -0.05) is 11.6 Å². The molecule has 1 atom stereocenters. The minimum atomic E-state index is -0.402. The zero-order valence-electron chi connectivity index (χ0n) is 9.63. The van der Waals surface area contributed by atoms with E-state index in [1.54, 1.807) is 25.3 Å². The zero-order chi connectivity index (χ0) is 12.6. The van der Waals surface area contributed by atoms with Gasteiger partial charge < -0.3 is 10.2 Å². The molecule has 4 heteroatoms. The summed E-state index contributed by atoms with van der Waals surface area (Å²) >= 11 is 6.01. The van der Waals surface area contributed by atoms with Crippen LogP contribution in [0.4, 0.5) is 4.39 Å². The van der Waals surface area contributed by atoms with Crippen LogP contribution in [-0.2, 0) is 0 Å². The summed E-state index contributed by atoms with van der Waals surface area (Å²) < 4.78 is 18.5. The second kappa shape index (κ2) is 4.51. The van der Waals surface area contributed by atoms with E-state index in [2.05, 4.69) is 0 Å². The number of hydrogen-bond acceptors (Lipinski definition) is 2. The highest BCUT2D eigenvalue weighted by atomic mass is 35.5. The van der Waals surface area contributed by atoms with Gasteiger partial charge in [-0.05, 0) is 43.2 Å². The lowest BCUT2D eigenvalue weighted by molar-refractivity contribution is 0.527. The van der Waals surface area contributed by atoms with Gasteiger partial charge >= 0.3 is 0 Å². The van der Waals surface area contributed by atoms with E-state index in [-0.39, 0.29) is 5.82 Å². The lowest BCUT2D eigenvalue weighted by Crippen LogP contribution is -2.13. The van der Waals surface area contributed by atoms with E-state index >= 15 is 0 Å². The van der Waals surface area contributed by atoms with Gasteiger partial charge in [-0.3, -0.25) is 0 Å². The van der Waals surface area contributed by atoms with E-state index in [1.165, 1.54) is 6.07 Å². The molecule has 1 aromatic carbocycles. The third-order valence-corrected chi connectivity index (χ3v) is 3.17. The summed E-state index contributed by atoms with van der Waals surface area (Å²) in [7, 11) is 0. The van der Waals surface area contributed by atoms with Crippen molar-refractivity contribution >= 4 is 11.6 Å². The molecule has 1 heterocycles. The van der Waals surface area contributed by atoms with E-state index in [0.29, 0.717) is 16.1 Å². The molecule has 0 spiro atoms. The monoisotopic (exact) mass is 253 g/mol. The first kappa shape index (κ1) is 12.1. The molecule has 0 radical (unpaired) electrons. The zero-order valence-corrected chi connectivity index (χ0v) is 10.4. The predicted molar refractivity (Wildman–Crippen MR) is 65.6 cm³/mol. The molecule has 2 N–H and O–H groups in total. The Morgan fingerprint density at radius 2 is 2.00 bits per heavy atom. The van der Waals surface area contributed by atoms with E-state index in [9.17, 15) is 4.39 Å². The molecule has 90 valence electrons. The highest BCUT2D eigenvalue weighted by molar-refractivity contribution is 6.31. The molecular weight excluding hydrogens is 241 g/mol. The maximum Gasteiger partial charge on any atom is 0.127 e. The molecule has 0 bridgehead atoms. The van der Waals surface area contributed by atoms with Crippen molar-refractivity contribution < 1.29 is 8.81 Å². The summed E-state index contributed by atoms with van der Waals surface area (Å²) in [5, 5.41) is 0.334. The summed E-state index contributed by atoms with van der Waals surface area (Å²) in [5.74, 6) is 0.422. The molecule has 2 nitrogen and oxygen atoms in total. The number of furan rings is 1. The number of rotatable bonds is 2. The van der Waals surface area contributed by atoms with Crippen molar-refractivity contribution in [2.45, 2.75) is 19.9 Å². The number of nitrogens with two attached hydrogens (primary N) is 1. The minimum absolute atomic E-state index is 0.324. The Morgan fingerprint density at radius 3 is 2.59 bits per heavy atom. The van der Waals surface area contributed by atoms with Gasteiger partial charge in [-0.2, -0.15) is 0 Å². The van der Waals surface area contributed by atoms with Crippen LogP contribution in [-0.4, -0.2) is 0 Å². The fourth-order valence-electron chi connectivity index (χ4n) is 1.80. The first-order chi connectivity index (χ1) is 8.00. The molecule has 0 saturated carbocycles. The maximum absolute atomic E-state index is 13.3. The Bertz CT molecular complexity index is 550. The number of benzene rings is 1. The summed E-state index contributed by atoms with van der Waals surface area (Å²) in [6.45, 7) is 3.52. The molecule has 17 heavy (non-hydrogen) atoms. The van der Waals surface area contributed by atoms with Gasteiger partial charge in [-0.15, -0.1) is 0 Å². The lowest BCUT2D eigenvalue weighted by Gasteiger charge is -2.14. The summed E-state index contributed by atoms with van der Waals surface area (Å²) in [6, 6.07) is 4.37. The average Bonchev–Trinajstić information content (AvgIpc) is 2.69. The molecule has 0 aliphatic carbocycles. The smallest absolute Gasteiger partial charge is 0.127 e. The minimum Gasteiger partial charge on any atom is -0.469 e. The van der Waals surface area contributed by atoms with Crippen molar-refractivity contribution in [1.82, 2.24) is 0 Å². The Labute approximate surface area is 104 Å². The van der Waals surface area contributed by atoms with Gasteiger partial charge in [0.15, 0.2) is 0 Å². The average molecular weight is 254 g/mol. The molecule has 0 saturated heterocycles. The second-order valence-electron chi connectivity index (χ2n) is 4.03. The Balaban J connectivity index is 2.48. The van der Waals surface area contributed by atoms with Gasteiger partial charge in [0.25, 0.3) is 0 Å². The van der Waals surface area contributed by atoms with Crippen molar-refractivity contribution in [2.75, 3.05) is 0 Å². The van der Waals surface area contributed by atoms with E-state index < -0.39 is 6.04 Å². The van der Waals surface area contributed by atoms with E-state index in [0.717, 1.165) is 11.3 Å². The van der Waals surface area contributed by atoms with Gasteiger partial charge in [0.05, 0.1) is 12.3 Å². The topological polar surface area (TPSA) is 39.2 Å². The first-order valence-electron chi connectivity index (χ1n) is 5.26. The van der Waals surface area contributed by atoms with Crippen LogP contribution in [0.5, 0.6) is 0 Å². The predicted octanol–water partition coefficient (Wildman–Crippen LogP) is 3.74. The second-order valence-corrected chi connectivity index (χ2v) is 4.44. The van der Waals surface area contributed by atoms with Crippen LogP contribution in [0.25, 0.3) is 0 Å². The van der Waals surface area contributed by atoms with Crippen molar-refractivity contribution in [1.29, 1.82) is 0 Å². The fourth-order valence-corrected chi connectivity index (χ4v) is 2.07. The number of hydrogen-bond donors (Lipinski definition) is 1. The van der Waals surface area contributed by atoms with Gasteiger partial charge in [0.1, 0.15) is 11.6 Å². The van der Waals surface area contributed by atoms with Crippen LogP contribution < -0.4 is 5.73 Å². The molecule has 2 aromatic rings. The highest BCUT2D eigenvalue weighted by Crippen LogP contribution is 2.30. The molecular formula is C13H13ClFNO. The molecule has 0 aliphatic heterocycles. The fraction of sp³-hybridized carbons (Fsp3) is 0.231. The van der Waals surface area contributed by atoms with Crippen molar-refractivity contribution in [3.63, 3.8) is 0 Å². The summed E-state index contributed by atoms with van der Waals surface area (Å²) in [5.41, 5.74) is 8.21. The quantitative estimate of drug-likeness (QED) is 0.886.